The second-order valence-electron chi connectivity index (χ2n) is 7.48. The van der Waals surface area contributed by atoms with Gasteiger partial charge in [-0.05, 0) is 43.5 Å². The van der Waals surface area contributed by atoms with Crippen molar-refractivity contribution in [1.29, 1.82) is 0 Å². The van der Waals surface area contributed by atoms with Crippen molar-refractivity contribution in [3.8, 4) is 11.5 Å². The number of hydrogen-bond acceptors (Lipinski definition) is 7. The normalized spacial score (nSPS) is 14.9. The Bertz CT molecular complexity index is 964. The molecule has 2 aromatic carbocycles. The van der Waals surface area contributed by atoms with Crippen molar-refractivity contribution in [2.24, 2.45) is 0 Å². The Kier molecular flexibility index (Phi) is 7.22. The second-order valence-corrected chi connectivity index (χ2v) is 9.16. The quantitative estimate of drug-likeness (QED) is 0.626. The van der Waals surface area contributed by atoms with Gasteiger partial charge in [-0.1, -0.05) is 48.2 Å². The summed E-state index contributed by atoms with van der Waals surface area (Å²) < 4.78 is 14.9. The van der Waals surface area contributed by atoms with Crippen LogP contribution in [0.15, 0.2) is 48.5 Å². The number of amides is 1. The van der Waals surface area contributed by atoms with Crippen LogP contribution in [0.4, 0.5) is 0 Å². The van der Waals surface area contributed by atoms with Crippen LogP contribution in [0.5, 0.6) is 11.5 Å². The topological polar surface area (TPSA) is 90.9 Å². The molecular weight excluding hydrogens is 418 g/mol. The first-order chi connectivity index (χ1) is 14.8. The maximum atomic E-state index is 13.1. The summed E-state index contributed by atoms with van der Waals surface area (Å²) in [7, 11) is 0. The largest absolute Gasteiger partial charge is 0.459 e. The minimum Gasteiger partial charge on any atom is -0.459 e. The van der Waals surface area contributed by atoms with Gasteiger partial charge in [0.2, 0.25) is 12.7 Å². The fourth-order valence-corrected chi connectivity index (χ4v) is 4.21. The predicted octanol–water partition coefficient (Wildman–Crippen LogP) is 3.24. The molecule has 3 rings (SSSR count). The summed E-state index contributed by atoms with van der Waals surface area (Å²) in [5, 5.41) is 2.50. The number of fused-ring (bicyclic) bond motifs is 1. The first-order valence-corrected chi connectivity index (χ1v) is 10.7. The third-order valence-corrected chi connectivity index (χ3v) is 5.82. The molecule has 31 heavy (non-hydrogen) atoms. The lowest BCUT2D eigenvalue weighted by Gasteiger charge is -2.28. The minimum atomic E-state index is -1.12. The first kappa shape index (κ1) is 22.7. The fraction of sp³-hybridized carbons (Fsp3) is 0.348. The van der Waals surface area contributed by atoms with Crippen LogP contribution in [-0.4, -0.2) is 34.6 Å². The summed E-state index contributed by atoms with van der Waals surface area (Å²) >= 11 is 0.927. The van der Waals surface area contributed by atoms with Crippen LogP contribution < -0.4 is 14.8 Å². The molecule has 0 spiro atoms. The van der Waals surface area contributed by atoms with Gasteiger partial charge in [0.05, 0.1) is 0 Å². The molecule has 0 saturated heterocycles. The number of benzene rings is 2. The highest BCUT2D eigenvalue weighted by atomic mass is 32.2. The molecule has 0 aromatic heterocycles. The highest BCUT2D eigenvalue weighted by Gasteiger charge is 2.38. The van der Waals surface area contributed by atoms with Crippen LogP contribution in [0, 0.1) is 0 Å². The number of carbonyl (C=O) groups excluding carboxylic acids is 3. The molecule has 0 fully saturated rings. The molecule has 0 unspecified atom stereocenters. The number of rotatable bonds is 8. The van der Waals surface area contributed by atoms with Gasteiger partial charge in [0.1, 0.15) is 17.4 Å². The van der Waals surface area contributed by atoms with Crippen LogP contribution in [0.3, 0.4) is 0 Å². The number of carbonyl (C=O) groups is 3. The van der Waals surface area contributed by atoms with Gasteiger partial charge in [-0.25, -0.2) is 4.79 Å². The maximum absolute atomic E-state index is 13.1. The van der Waals surface area contributed by atoms with Gasteiger partial charge in [-0.15, -0.1) is 0 Å². The molecule has 7 nitrogen and oxygen atoms in total. The third kappa shape index (κ3) is 6.01. The zero-order chi connectivity index (χ0) is 22.4. The Morgan fingerprint density at radius 2 is 1.81 bits per heavy atom. The fourth-order valence-electron chi connectivity index (χ4n) is 3.18. The number of esters is 1. The van der Waals surface area contributed by atoms with Gasteiger partial charge < -0.3 is 19.5 Å². The van der Waals surface area contributed by atoms with E-state index in [4.69, 9.17) is 14.2 Å². The van der Waals surface area contributed by atoms with Crippen LogP contribution in [0.2, 0.25) is 0 Å². The molecule has 1 aliphatic heterocycles. The van der Waals surface area contributed by atoms with E-state index in [2.05, 4.69) is 5.32 Å². The second kappa shape index (κ2) is 9.87. The molecule has 1 aliphatic rings. The molecule has 8 heteroatoms. The van der Waals surface area contributed by atoms with E-state index < -0.39 is 22.7 Å². The van der Waals surface area contributed by atoms with E-state index in [0.29, 0.717) is 11.5 Å². The summed E-state index contributed by atoms with van der Waals surface area (Å²) in [5.41, 5.74) is 1.67. The van der Waals surface area contributed by atoms with E-state index in [0.717, 1.165) is 22.9 Å². The highest BCUT2D eigenvalue weighted by Crippen LogP contribution is 2.36. The van der Waals surface area contributed by atoms with Crippen molar-refractivity contribution in [3.63, 3.8) is 0 Å². The Balaban J connectivity index is 1.65. The number of ether oxygens (including phenoxy) is 3. The van der Waals surface area contributed by atoms with E-state index in [1.54, 1.807) is 26.0 Å². The summed E-state index contributed by atoms with van der Waals surface area (Å²) in [6, 6.07) is 13.8. The molecule has 1 N–H and O–H groups in total. The molecule has 0 bridgehead atoms. The SMILES string of the molecule is CC(=O)S[C@@](C)(Cc1ccc2c(c1)OCO2)C(=O)N[C@@H](C)C(=O)OCc1ccccc1. The predicted molar refractivity (Wildman–Crippen MR) is 117 cm³/mol. The van der Waals surface area contributed by atoms with E-state index in [1.165, 1.54) is 6.92 Å². The van der Waals surface area contributed by atoms with Gasteiger partial charge in [0, 0.05) is 6.92 Å². The number of thioether (sulfide) groups is 1. The standard InChI is InChI=1S/C23H25NO6S/c1-15(21(26)28-13-17-7-5-4-6-8-17)24-22(27)23(3,31-16(2)25)12-18-9-10-19-20(11-18)30-14-29-19/h4-11,15H,12-14H2,1-3H3,(H,24,27)/t15-,23-/m0/s1. The Morgan fingerprint density at radius 3 is 2.52 bits per heavy atom. The van der Waals surface area contributed by atoms with E-state index in [9.17, 15) is 14.4 Å². The average Bonchev–Trinajstić information content (AvgIpc) is 3.19. The molecule has 1 amide bonds. The molecular formula is C23H25NO6S. The van der Waals surface area contributed by atoms with Crippen molar-refractivity contribution < 1.29 is 28.6 Å². The van der Waals surface area contributed by atoms with Gasteiger partial charge in [-0.3, -0.25) is 9.59 Å². The van der Waals surface area contributed by atoms with Crippen molar-refractivity contribution in [1.82, 2.24) is 5.32 Å². The number of hydrogen-bond donors (Lipinski definition) is 1. The van der Waals surface area contributed by atoms with Crippen molar-refractivity contribution in [3.05, 3.63) is 59.7 Å². The zero-order valence-corrected chi connectivity index (χ0v) is 18.5. The van der Waals surface area contributed by atoms with Gasteiger partial charge in [0.25, 0.3) is 0 Å². The van der Waals surface area contributed by atoms with Crippen molar-refractivity contribution in [2.75, 3.05) is 6.79 Å². The van der Waals surface area contributed by atoms with Crippen LogP contribution in [-0.2, 0) is 32.1 Å². The third-order valence-electron chi connectivity index (χ3n) is 4.75. The summed E-state index contributed by atoms with van der Waals surface area (Å²) in [6.45, 7) is 4.93. The van der Waals surface area contributed by atoms with Crippen molar-refractivity contribution in [2.45, 2.75) is 44.6 Å². The Hall–Kier alpha value is -3.00. The maximum Gasteiger partial charge on any atom is 0.328 e. The monoisotopic (exact) mass is 443 g/mol. The first-order valence-electron chi connectivity index (χ1n) is 9.86. The summed E-state index contributed by atoms with van der Waals surface area (Å²) in [4.78, 5) is 37.3. The van der Waals surface area contributed by atoms with Crippen LogP contribution >= 0.6 is 11.8 Å². The lowest BCUT2D eigenvalue weighted by atomic mass is 9.98. The zero-order valence-electron chi connectivity index (χ0n) is 17.7. The highest BCUT2D eigenvalue weighted by molar-refractivity contribution is 8.15. The molecule has 0 saturated carbocycles. The van der Waals surface area contributed by atoms with E-state index in [-0.39, 0.29) is 24.9 Å². The molecule has 1 heterocycles. The molecule has 0 radical (unpaired) electrons. The Labute approximate surface area is 185 Å². The minimum absolute atomic E-state index is 0.122. The van der Waals surface area contributed by atoms with Crippen LogP contribution in [0.1, 0.15) is 31.9 Å². The smallest absolute Gasteiger partial charge is 0.328 e. The van der Waals surface area contributed by atoms with Gasteiger partial charge in [-0.2, -0.15) is 0 Å². The Morgan fingerprint density at radius 1 is 1.10 bits per heavy atom. The molecule has 0 aliphatic carbocycles. The van der Waals surface area contributed by atoms with Gasteiger partial charge in [0.15, 0.2) is 16.6 Å². The number of nitrogens with one attached hydrogen (secondary N) is 1. The molecule has 164 valence electrons. The molecule has 2 aromatic rings. The van der Waals surface area contributed by atoms with E-state index in [1.807, 2.05) is 36.4 Å². The molecule has 2 atom stereocenters. The summed E-state index contributed by atoms with van der Waals surface area (Å²) in [6.07, 6.45) is 0.269. The summed E-state index contributed by atoms with van der Waals surface area (Å²) in [5.74, 6) is 0.278. The van der Waals surface area contributed by atoms with Gasteiger partial charge >= 0.3 is 5.97 Å². The average molecular weight is 444 g/mol. The van der Waals surface area contributed by atoms with Crippen LogP contribution in [0.25, 0.3) is 0 Å². The lowest BCUT2D eigenvalue weighted by molar-refractivity contribution is -0.148. The lowest BCUT2D eigenvalue weighted by Crippen LogP contribution is -2.50. The van der Waals surface area contributed by atoms with E-state index >= 15 is 0 Å². The van der Waals surface area contributed by atoms with Crippen molar-refractivity contribution >= 4 is 28.8 Å².